The molecule has 25 heavy (non-hydrogen) atoms. The first-order valence-corrected chi connectivity index (χ1v) is 8.02. The highest BCUT2D eigenvalue weighted by molar-refractivity contribution is 6.09. The van der Waals surface area contributed by atoms with Crippen LogP contribution in [0.4, 0.5) is 0 Å². The monoisotopic (exact) mass is 332 g/mol. The van der Waals surface area contributed by atoms with Crippen LogP contribution in [-0.4, -0.2) is 16.9 Å². The molecule has 0 saturated carbocycles. The predicted molar refractivity (Wildman–Crippen MR) is 98.8 cm³/mol. The van der Waals surface area contributed by atoms with Crippen molar-refractivity contribution in [1.29, 1.82) is 0 Å². The van der Waals surface area contributed by atoms with Crippen molar-refractivity contribution < 1.29 is 14.7 Å². The summed E-state index contributed by atoms with van der Waals surface area (Å²) in [5.41, 5.74) is 1.74. The van der Waals surface area contributed by atoms with E-state index in [2.05, 4.69) is 0 Å². The first-order valence-electron chi connectivity index (χ1n) is 8.02. The van der Waals surface area contributed by atoms with Gasteiger partial charge in [0.1, 0.15) is 0 Å². The van der Waals surface area contributed by atoms with Crippen molar-refractivity contribution in [1.82, 2.24) is 0 Å². The highest BCUT2D eigenvalue weighted by Crippen LogP contribution is 2.18. The molecule has 3 rings (SSSR count). The number of carboxylic acid groups (broad SMARTS) is 1. The number of ketones is 1. The smallest absolute Gasteiger partial charge is 0.310 e. The first-order chi connectivity index (χ1) is 12.1. The van der Waals surface area contributed by atoms with Crippen LogP contribution in [0, 0.1) is 0 Å². The maximum atomic E-state index is 12.2. The second kappa shape index (κ2) is 9.18. The van der Waals surface area contributed by atoms with Crippen molar-refractivity contribution in [2.75, 3.05) is 0 Å². The molecule has 0 saturated heterocycles. The van der Waals surface area contributed by atoms with E-state index >= 15 is 0 Å². The third kappa shape index (κ3) is 5.43. The van der Waals surface area contributed by atoms with Gasteiger partial charge in [0, 0.05) is 11.1 Å². The van der Waals surface area contributed by atoms with E-state index in [1.54, 1.807) is 55.5 Å². The van der Waals surface area contributed by atoms with Gasteiger partial charge in [-0.3, -0.25) is 9.59 Å². The van der Waals surface area contributed by atoms with Gasteiger partial charge in [-0.1, -0.05) is 84.9 Å². The normalized spacial score (nSPS) is 10.9. The van der Waals surface area contributed by atoms with E-state index in [0.717, 1.165) is 0 Å². The van der Waals surface area contributed by atoms with Crippen LogP contribution in [0.3, 0.4) is 0 Å². The standard InChI is InChI=1S/C16H14O3.C6H6/c1-11(16(18)19)13-8-5-9-14(10-13)15(17)12-6-3-2-4-7-12;1-2-4-6-5-3-1/h2-11H,1H3,(H,18,19);1-6H. The van der Waals surface area contributed by atoms with E-state index in [0.29, 0.717) is 16.7 Å². The van der Waals surface area contributed by atoms with Gasteiger partial charge in [0.2, 0.25) is 0 Å². The number of benzene rings is 3. The average molecular weight is 332 g/mol. The zero-order valence-corrected chi connectivity index (χ0v) is 14.0. The third-order valence-corrected chi connectivity index (χ3v) is 3.72. The lowest BCUT2D eigenvalue weighted by Gasteiger charge is -2.08. The van der Waals surface area contributed by atoms with Gasteiger partial charge in [0.05, 0.1) is 5.92 Å². The minimum Gasteiger partial charge on any atom is -0.481 e. The minimum atomic E-state index is -0.899. The van der Waals surface area contributed by atoms with E-state index < -0.39 is 11.9 Å². The Balaban J connectivity index is 0.000000316. The lowest BCUT2D eigenvalue weighted by atomic mass is 9.96. The third-order valence-electron chi connectivity index (χ3n) is 3.72. The molecule has 0 aliphatic rings. The summed E-state index contributed by atoms with van der Waals surface area (Å²) in [5.74, 6) is -1.62. The summed E-state index contributed by atoms with van der Waals surface area (Å²) < 4.78 is 0. The zero-order chi connectivity index (χ0) is 18.1. The van der Waals surface area contributed by atoms with Gasteiger partial charge < -0.3 is 5.11 Å². The quantitative estimate of drug-likeness (QED) is 0.699. The molecule has 3 heteroatoms. The number of hydrogen-bond donors (Lipinski definition) is 1. The summed E-state index contributed by atoms with van der Waals surface area (Å²) in [6.45, 7) is 1.61. The second-order valence-corrected chi connectivity index (χ2v) is 5.54. The van der Waals surface area contributed by atoms with E-state index in [-0.39, 0.29) is 5.78 Å². The predicted octanol–water partition coefficient (Wildman–Crippen LogP) is 4.79. The lowest BCUT2D eigenvalue weighted by Crippen LogP contribution is -2.09. The molecule has 0 fully saturated rings. The van der Waals surface area contributed by atoms with E-state index in [1.165, 1.54) is 0 Å². The maximum Gasteiger partial charge on any atom is 0.310 e. The summed E-state index contributed by atoms with van der Waals surface area (Å²) in [6, 6.07) is 27.7. The van der Waals surface area contributed by atoms with Gasteiger partial charge >= 0.3 is 5.97 Å². The SMILES string of the molecule is CC(C(=O)O)c1cccc(C(=O)c2ccccc2)c1.c1ccccc1. The Morgan fingerprint density at radius 1 is 0.720 bits per heavy atom. The lowest BCUT2D eigenvalue weighted by molar-refractivity contribution is -0.138. The van der Waals surface area contributed by atoms with Crippen LogP contribution in [0.15, 0.2) is 91.0 Å². The van der Waals surface area contributed by atoms with Gasteiger partial charge in [0.25, 0.3) is 0 Å². The molecule has 0 aliphatic heterocycles. The summed E-state index contributed by atoms with van der Waals surface area (Å²) in [4.78, 5) is 23.2. The largest absolute Gasteiger partial charge is 0.481 e. The fourth-order valence-corrected chi connectivity index (χ4v) is 2.23. The van der Waals surface area contributed by atoms with Gasteiger partial charge in [0.15, 0.2) is 5.78 Å². The molecule has 1 N–H and O–H groups in total. The van der Waals surface area contributed by atoms with Crippen molar-refractivity contribution in [2.45, 2.75) is 12.8 Å². The van der Waals surface area contributed by atoms with E-state index in [1.807, 2.05) is 42.5 Å². The Kier molecular flexibility index (Phi) is 6.66. The molecule has 126 valence electrons. The molecule has 0 aliphatic carbocycles. The van der Waals surface area contributed by atoms with Gasteiger partial charge in [-0.25, -0.2) is 0 Å². The number of carbonyl (C=O) groups is 2. The van der Waals surface area contributed by atoms with Gasteiger partial charge in [-0.2, -0.15) is 0 Å². The fraction of sp³-hybridized carbons (Fsp3) is 0.0909. The number of rotatable bonds is 4. The highest BCUT2D eigenvalue weighted by Gasteiger charge is 2.16. The summed E-state index contributed by atoms with van der Waals surface area (Å²) in [6.07, 6.45) is 0. The van der Waals surface area contributed by atoms with Crippen LogP contribution in [0.5, 0.6) is 0 Å². The van der Waals surface area contributed by atoms with Gasteiger partial charge in [-0.05, 0) is 18.6 Å². The summed E-state index contributed by atoms with van der Waals surface area (Å²) >= 11 is 0. The van der Waals surface area contributed by atoms with Crippen LogP contribution in [-0.2, 0) is 4.79 Å². The number of hydrogen-bond acceptors (Lipinski definition) is 2. The Hall–Kier alpha value is -3.20. The number of carboxylic acids is 1. The first kappa shape index (κ1) is 18.1. The molecular formula is C22H20O3. The molecule has 0 bridgehead atoms. The van der Waals surface area contributed by atoms with Crippen molar-refractivity contribution in [2.24, 2.45) is 0 Å². The molecule has 0 heterocycles. The van der Waals surface area contributed by atoms with Crippen LogP contribution < -0.4 is 0 Å². The van der Waals surface area contributed by atoms with Crippen molar-refractivity contribution >= 4 is 11.8 Å². The Morgan fingerprint density at radius 2 is 1.20 bits per heavy atom. The van der Waals surface area contributed by atoms with Crippen molar-refractivity contribution in [3.05, 3.63) is 108 Å². The van der Waals surface area contributed by atoms with E-state index in [4.69, 9.17) is 5.11 Å². The van der Waals surface area contributed by atoms with Crippen LogP contribution >= 0.6 is 0 Å². The van der Waals surface area contributed by atoms with Crippen molar-refractivity contribution in [3.8, 4) is 0 Å². The molecule has 3 aromatic carbocycles. The summed E-state index contributed by atoms with van der Waals surface area (Å²) in [7, 11) is 0. The van der Waals surface area contributed by atoms with Crippen LogP contribution in [0.1, 0.15) is 34.3 Å². The molecule has 3 nitrogen and oxygen atoms in total. The zero-order valence-electron chi connectivity index (χ0n) is 14.0. The molecule has 1 unspecified atom stereocenters. The maximum absolute atomic E-state index is 12.2. The summed E-state index contributed by atoms with van der Waals surface area (Å²) in [5, 5.41) is 9.00. The second-order valence-electron chi connectivity index (χ2n) is 5.54. The van der Waals surface area contributed by atoms with Crippen LogP contribution in [0.25, 0.3) is 0 Å². The Morgan fingerprint density at radius 3 is 1.72 bits per heavy atom. The molecule has 1 atom stereocenters. The topological polar surface area (TPSA) is 54.4 Å². The molecule has 3 aromatic rings. The minimum absolute atomic E-state index is 0.0972. The Labute approximate surface area is 147 Å². The molecular weight excluding hydrogens is 312 g/mol. The average Bonchev–Trinajstić information content (AvgIpc) is 2.69. The van der Waals surface area contributed by atoms with Crippen LogP contribution in [0.2, 0.25) is 0 Å². The van der Waals surface area contributed by atoms with Crippen molar-refractivity contribution in [3.63, 3.8) is 0 Å². The number of aliphatic carboxylic acids is 1. The Bertz CT molecular complexity index is 784. The molecule has 0 spiro atoms. The molecule has 0 amide bonds. The fourth-order valence-electron chi connectivity index (χ4n) is 2.23. The number of carbonyl (C=O) groups excluding carboxylic acids is 1. The van der Waals surface area contributed by atoms with E-state index in [9.17, 15) is 9.59 Å². The molecule has 0 radical (unpaired) electrons. The van der Waals surface area contributed by atoms with Gasteiger partial charge in [-0.15, -0.1) is 0 Å². The molecule has 0 aromatic heterocycles. The highest BCUT2D eigenvalue weighted by atomic mass is 16.4.